The number of aliphatic hydroxyl groups is 1. The van der Waals surface area contributed by atoms with Crippen LogP contribution in [0.3, 0.4) is 0 Å². The Morgan fingerprint density at radius 3 is 2.61 bits per heavy atom. The first-order valence-corrected chi connectivity index (χ1v) is 7.09. The minimum absolute atomic E-state index is 0.300. The van der Waals surface area contributed by atoms with Crippen LogP contribution in [0.15, 0.2) is 30.3 Å². The number of piperidine rings is 1. The van der Waals surface area contributed by atoms with Gasteiger partial charge in [-0.15, -0.1) is 0 Å². The van der Waals surface area contributed by atoms with E-state index < -0.39 is 0 Å². The Morgan fingerprint density at radius 2 is 1.94 bits per heavy atom. The van der Waals surface area contributed by atoms with Gasteiger partial charge in [-0.1, -0.05) is 44.2 Å². The normalized spacial score (nSPS) is 29.4. The number of rotatable bonds is 4. The molecule has 1 fully saturated rings. The molecule has 2 rings (SSSR count). The fourth-order valence-electron chi connectivity index (χ4n) is 3.36. The molecule has 0 amide bonds. The second-order valence-electron chi connectivity index (χ2n) is 5.81. The van der Waals surface area contributed by atoms with Gasteiger partial charge in [-0.3, -0.25) is 4.90 Å². The largest absolute Gasteiger partial charge is 0.396 e. The number of hydrogen-bond donors (Lipinski definition) is 1. The molecule has 3 atom stereocenters. The van der Waals surface area contributed by atoms with Crippen molar-refractivity contribution < 1.29 is 5.11 Å². The van der Waals surface area contributed by atoms with E-state index in [0.717, 1.165) is 25.4 Å². The van der Waals surface area contributed by atoms with Gasteiger partial charge in [0.1, 0.15) is 0 Å². The molecule has 1 aliphatic rings. The fraction of sp³-hybridized carbons (Fsp3) is 0.625. The summed E-state index contributed by atoms with van der Waals surface area (Å²) < 4.78 is 0. The maximum absolute atomic E-state index is 9.26. The predicted octanol–water partition coefficient (Wildman–Crippen LogP) is 2.92. The monoisotopic (exact) mass is 247 g/mol. The van der Waals surface area contributed by atoms with Crippen LogP contribution in [0.5, 0.6) is 0 Å². The smallest absolute Gasteiger partial charge is 0.0446 e. The van der Waals surface area contributed by atoms with Gasteiger partial charge < -0.3 is 5.11 Å². The van der Waals surface area contributed by atoms with E-state index in [2.05, 4.69) is 49.1 Å². The zero-order valence-electron chi connectivity index (χ0n) is 11.5. The van der Waals surface area contributed by atoms with E-state index in [1.807, 2.05) is 0 Å². The molecule has 1 aromatic rings. The fourth-order valence-corrected chi connectivity index (χ4v) is 3.36. The van der Waals surface area contributed by atoms with Gasteiger partial charge in [-0.05, 0) is 30.2 Å². The number of nitrogens with zero attached hydrogens (tertiary/aromatic N) is 1. The second-order valence-corrected chi connectivity index (χ2v) is 5.81. The van der Waals surface area contributed by atoms with Crippen molar-refractivity contribution in [1.29, 1.82) is 0 Å². The first-order valence-electron chi connectivity index (χ1n) is 7.09. The highest BCUT2D eigenvalue weighted by Gasteiger charge is 2.31. The molecular formula is C16H25NO. The first-order chi connectivity index (χ1) is 8.70. The Labute approximate surface area is 111 Å². The van der Waals surface area contributed by atoms with E-state index in [1.54, 1.807) is 0 Å². The molecule has 2 heteroatoms. The summed E-state index contributed by atoms with van der Waals surface area (Å²) in [5, 5.41) is 9.26. The van der Waals surface area contributed by atoms with Crippen LogP contribution in [0, 0.1) is 11.8 Å². The zero-order valence-corrected chi connectivity index (χ0v) is 11.5. The molecule has 0 aromatic heterocycles. The molecule has 0 radical (unpaired) electrons. The topological polar surface area (TPSA) is 23.5 Å². The highest BCUT2D eigenvalue weighted by atomic mass is 16.3. The van der Waals surface area contributed by atoms with Gasteiger partial charge in [0.05, 0.1) is 0 Å². The van der Waals surface area contributed by atoms with Crippen LogP contribution in [0.4, 0.5) is 0 Å². The molecule has 1 aliphatic heterocycles. The van der Waals surface area contributed by atoms with Crippen LogP contribution >= 0.6 is 0 Å². The van der Waals surface area contributed by atoms with Gasteiger partial charge in [0, 0.05) is 25.7 Å². The Balaban J connectivity index is 2.06. The molecule has 2 nitrogen and oxygen atoms in total. The van der Waals surface area contributed by atoms with Crippen molar-refractivity contribution in [1.82, 2.24) is 4.90 Å². The van der Waals surface area contributed by atoms with Gasteiger partial charge in [0.25, 0.3) is 0 Å². The van der Waals surface area contributed by atoms with E-state index in [-0.39, 0.29) is 0 Å². The molecule has 0 saturated carbocycles. The molecule has 100 valence electrons. The summed E-state index contributed by atoms with van der Waals surface area (Å²) in [7, 11) is 0. The van der Waals surface area contributed by atoms with Gasteiger partial charge in [0.2, 0.25) is 0 Å². The average Bonchev–Trinajstić information content (AvgIpc) is 2.35. The molecule has 1 N–H and O–H groups in total. The third kappa shape index (κ3) is 3.33. The van der Waals surface area contributed by atoms with Crippen molar-refractivity contribution >= 4 is 0 Å². The molecule has 0 bridgehead atoms. The average molecular weight is 247 g/mol. The number of aliphatic hydroxyl groups excluding tert-OH is 1. The van der Waals surface area contributed by atoms with Crippen molar-refractivity contribution in [3.63, 3.8) is 0 Å². The summed E-state index contributed by atoms with van der Waals surface area (Å²) in [6, 6.07) is 11.2. The third-order valence-corrected chi connectivity index (χ3v) is 4.10. The second kappa shape index (κ2) is 6.35. The van der Waals surface area contributed by atoms with Gasteiger partial charge in [-0.25, -0.2) is 0 Å². The molecule has 1 heterocycles. The summed E-state index contributed by atoms with van der Waals surface area (Å²) >= 11 is 0. The Hall–Kier alpha value is -0.860. The lowest BCUT2D eigenvalue weighted by molar-refractivity contribution is 0.0452. The molecule has 0 spiro atoms. The van der Waals surface area contributed by atoms with Gasteiger partial charge in [0.15, 0.2) is 0 Å². The lowest BCUT2D eigenvalue weighted by Crippen LogP contribution is -2.47. The van der Waals surface area contributed by atoms with Crippen LogP contribution in [0.1, 0.15) is 32.3 Å². The summed E-state index contributed by atoms with van der Waals surface area (Å²) in [4.78, 5) is 2.56. The van der Waals surface area contributed by atoms with Crippen LogP contribution < -0.4 is 0 Å². The van der Waals surface area contributed by atoms with Crippen molar-refractivity contribution in [2.45, 2.75) is 39.3 Å². The van der Waals surface area contributed by atoms with Crippen LogP contribution in [-0.4, -0.2) is 29.2 Å². The highest BCUT2D eigenvalue weighted by molar-refractivity contribution is 5.14. The van der Waals surface area contributed by atoms with E-state index >= 15 is 0 Å². The lowest BCUT2D eigenvalue weighted by atomic mass is 9.83. The van der Waals surface area contributed by atoms with Crippen molar-refractivity contribution in [3.8, 4) is 0 Å². The number of hydrogen-bond acceptors (Lipinski definition) is 2. The molecule has 18 heavy (non-hydrogen) atoms. The summed E-state index contributed by atoms with van der Waals surface area (Å²) in [5.41, 5.74) is 1.38. The standard InChI is InChI=1S/C16H25NO/c1-13-10-14(2)16(8-9-18)17(11-13)12-15-6-4-3-5-7-15/h3-7,13-14,16,18H,8-12H2,1-2H3. The van der Waals surface area contributed by atoms with Crippen molar-refractivity contribution in [2.75, 3.05) is 13.2 Å². The number of likely N-dealkylation sites (tertiary alicyclic amines) is 1. The molecule has 1 saturated heterocycles. The SMILES string of the molecule is CC1CC(C)C(CCO)N(Cc2ccccc2)C1. The Bertz CT molecular complexity index is 351. The van der Waals surface area contributed by atoms with E-state index in [4.69, 9.17) is 0 Å². The van der Waals surface area contributed by atoms with E-state index in [9.17, 15) is 5.11 Å². The first kappa shape index (κ1) is 13.6. The maximum atomic E-state index is 9.26. The number of benzene rings is 1. The minimum Gasteiger partial charge on any atom is -0.396 e. The quantitative estimate of drug-likeness (QED) is 0.884. The molecule has 3 unspecified atom stereocenters. The van der Waals surface area contributed by atoms with Gasteiger partial charge >= 0.3 is 0 Å². The minimum atomic E-state index is 0.300. The molecular weight excluding hydrogens is 222 g/mol. The van der Waals surface area contributed by atoms with Crippen LogP contribution in [0.25, 0.3) is 0 Å². The summed E-state index contributed by atoms with van der Waals surface area (Å²) in [5.74, 6) is 1.45. The van der Waals surface area contributed by atoms with Crippen LogP contribution in [-0.2, 0) is 6.54 Å². The summed E-state index contributed by atoms with van der Waals surface area (Å²) in [6.45, 7) is 7.14. The molecule has 1 aromatic carbocycles. The Morgan fingerprint density at radius 1 is 1.22 bits per heavy atom. The Kier molecular flexibility index (Phi) is 4.79. The maximum Gasteiger partial charge on any atom is 0.0446 e. The predicted molar refractivity (Wildman–Crippen MR) is 75.3 cm³/mol. The summed E-state index contributed by atoms with van der Waals surface area (Å²) in [6.07, 6.45) is 2.19. The van der Waals surface area contributed by atoms with E-state index in [0.29, 0.717) is 18.6 Å². The van der Waals surface area contributed by atoms with E-state index in [1.165, 1.54) is 12.0 Å². The highest BCUT2D eigenvalue weighted by Crippen LogP contribution is 2.30. The lowest BCUT2D eigenvalue weighted by Gasteiger charge is -2.43. The van der Waals surface area contributed by atoms with Crippen molar-refractivity contribution in [3.05, 3.63) is 35.9 Å². The van der Waals surface area contributed by atoms with Crippen molar-refractivity contribution in [2.24, 2.45) is 11.8 Å². The third-order valence-electron chi connectivity index (χ3n) is 4.10. The zero-order chi connectivity index (χ0) is 13.0. The van der Waals surface area contributed by atoms with Crippen LogP contribution in [0.2, 0.25) is 0 Å². The van der Waals surface area contributed by atoms with Gasteiger partial charge in [-0.2, -0.15) is 0 Å². The molecule has 0 aliphatic carbocycles.